The van der Waals surface area contributed by atoms with Crippen LogP contribution in [0.15, 0.2) is 0 Å². The average Bonchev–Trinajstić information content (AvgIpc) is 2.99. The maximum Gasteiger partial charge on any atom is 0.217 e. The Labute approximate surface area is 98.4 Å². The Morgan fingerprint density at radius 2 is 2.31 bits per heavy atom. The summed E-state index contributed by atoms with van der Waals surface area (Å²) in [6.45, 7) is 0.740. The SMILES string of the molecule is NC(=O)CCCNc1snc(N)c1C1CC1. The molecule has 1 amide bonds. The Balaban J connectivity index is 1.86. The van der Waals surface area contributed by atoms with Crippen molar-refractivity contribution >= 4 is 28.3 Å². The molecule has 1 heterocycles. The largest absolute Gasteiger partial charge is 0.383 e. The van der Waals surface area contributed by atoms with Crippen LogP contribution < -0.4 is 16.8 Å². The number of nitrogens with zero attached hydrogens (tertiary/aromatic N) is 1. The molecule has 0 aliphatic heterocycles. The van der Waals surface area contributed by atoms with Gasteiger partial charge in [-0.05, 0) is 36.7 Å². The molecule has 0 aromatic carbocycles. The summed E-state index contributed by atoms with van der Waals surface area (Å²) in [5.74, 6) is 0.996. The Hall–Kier alpha value is -1.30. The molecule has 1 aromatic rings. The first-order valence-corrected chi connectivity index (χ1v) is 6.23. The van der Waals surface area contributed by atoms with Crippen LogP contribution in [0.5, 0.6) is 0 Å². The van der Waals surface area contributed by atoms with Crippen molar-refractivity contribution in [2.24, 2.45) is 5.73 Å². The van der Waals surface area contributed by atoms with Gasteiger partial charge in [-0.3, -0.25) is 4.79 Å². The minimum atomic E-state index is -0.256. The summed E-state index contributed by atoms with van der Waals surface area (Å²) in [4.78, 5) is 10.6. The fraction of sp³-hybridized carbons (Fsp3) is 0.600. The van der Waals surface area contributed by atoms with Crippen LogP contribution in [0.25, 0.3) is 0 Å². The smallest absolute Gasteiger partial charge is 0.217 e. The summed E-state index contributed by atoms with van der Waals surface area (Å²) in [7, 11) is 0. The van der Waals surface area contributed by atoms with Crippen LogP contribution in [-0.4, -0.2) is 16.8 Å². The molecule has 16 heavy (non-hydrogen) atoms. The second-order valence-electron chi connectivity index (χ2n) is 4.08. The van der Waals surface area contributed by atoms with E-state index in [1.165, 1.54) is 29.9 Å². The van der Waals surface area contributed by atoms with Crippen LogP contribution in [0.3, 0.4) is 0 Å². The molecule has 1 fully saturated rings. The predicted molar refractivity (Wildman–Crippen MR) is 65.4 cm³/mol. The van der Waals surface area contributed by atoms with E-state index in [1.54, 1.807) is 0 Å². The van der Waals surface area contributed by atoms with Crippen molar-refractivity contribution in [1.29, 1.82) is 0 Å². The van der Waals surface area contributed by atoms with Crippen LogP contribution in [0.1, 0.15) is 37.2 Å². The number of carbonyl (C=O) groups is 1. The molecule has 1 saturated carbocycles. The zero-order valence-electron chi connectivity index (χ0n) is 9.03. The summed E-state index contributed by atoms with van der Waals surface area (Å²) in [6.07, 6.45) is 3.58. The topological polar surface area (TPSA) is 94.0 Å². The summed E-state index contributed by atoms with van der Waals surface area (Å²) in [5.41, 5.74) is 12.1. The Bertz CT molecular complexity index is 386. The highest BCUT2D eigenvalue weighted by Gasteiger charge is 2.30. The molecule has 5 nitrogen and oxygen atoms in total. The lowest BCUT2D eigenvalue weighted by Crippen LogP contribution is -2.12. The first-order chi connectivity index (χ1) is 7.68. The van der Waals surface area contributed by atoms with Crippen molar-refractivity contribution in [2.75, 3.05) is 17.6 Å². The fourth-order valence-electron chi connectivity index (χ4n) is 1.67. The third kappa shape index (κ3) is 2.63. The van der Waals surface area contributed by atoms with E-state index in [0.29, 0.717) is 18.2 Å². The maximum atomic E-state index is 10.6. The van der Waals surface area contributed by atoms with Crippen molar-refractivity contribution in [2.45, 2.75) is 31.6 Å². The number of rotatable bonds is 6. The van der Waals surface area contributed by atoms with Gasteiger partial charge in [-0.15, -0.1) is 0 Å². The number of hydrogen-bond donors (Lipinski definition) is 3. The molecule has 2 rings (SSSR count). The number of amides is 1. The molecule has 0 atom stereocenters. The van der Waals surface area contributed by atoms with E-state index in [2.05, 4.69) is 9.69 Å². The fourth-order valence-corrected chi connectivity index (χ4v) is 2.49. The highest BCUT2D eigenvalue weighted by atomic mass is 32.1. The maximum absolute atomic E-state index is 10.6. The lowest BCUT2D eigenvalue weighted by Gasteiger charge is -2.05. The third-order valence-electron chi connectivity index (χ3n) is 2.63. The van der Waals surface area contributed by atoms with Crippen molar-refractivity contribution in [3.05, 3.63) is 5.56 Å². The van der Waals surface area contributed by atoms with Gasteiger partial charge in [0.1, 0.15) is 10.8 Å². The summed E-state index contributed by atoms with van der Waals surface area (Å²) in [6, 6.07) is 0. The van der Waals surface area contributed by atoms with Crippen molar-refractivity contribution in [1.82, 2.24) is 4.37 Å². The third-order valence-corrected chi connectivity index (χ3v) is 3.46. The quantitative estimate of drug-likeness (QED) is 0.653. The molecular weight excluding hydrogens is 224 g/mol. The second-order valence-corrected chi connectivity index (χ2v) is 4.85. The van der Waals surface area contributed by atoms with E-state index in [0.717, 1.165) is 18.0 Å². The number of carbonyl (C=O) groups excluding carboxylic acids is 1. The predicted octanol–water partition coefficient (Wildman–Crippen LogP) is 1.28. The number of anilines is 2. The number of primary amides is 1. The molecule has 0 radical (unpaired) electrons. The Kier molecular flexibility index (Phi) is 3.28. The van der Waals surface area contributed by atoms with Gasteiger partial charge in [0.2, 0.25) is 5.91 Å². The van der Waals surface area contributed by atoms with E-state index < -0.39 is 0 Å². The normalized spacial score (nSPS) is 15.0. The van der Waals surface area contributed by atoms with Crippen LogP contribution in [0.4, 0.5) is 10.8 Å². The zero-order valence-corrected chi connectivity index (χ0v) is 9.85. The van der Waals surface area contributed by atoms with E-state index in [-0.39, 0.29) is 5.91 Å². The van der Waals surface area contributed by atoms with Gasteiger partial charge in [-0.1, -0.05) is 0 Å². The van der Waals surface area contributed by atoms with E-state index in [1.807, 2.05) is 0 Å². The standard InChI is InChI=1S/C10H16N4OS/c11-7(15)2-1-5-13-10-8(6-3-4-6)9(12)14-16-10/h6,13H,1-5H2,(H2,11,15)(H2,12,14). The van der Waals surface area contributed by atoms with Crippen molar-refractivity contribution < 1.29 is 4.79 Å². The van der Waals surface area contributed by atoms with E-state index >= 15 is 0 Å². The molecule has 88 valence electrons. The molecule has 5 N–H and O–H groups in total. The van der Waals surface area contributed by atoms with Gasteiger partial charge >= 0.3 is 0 Å². The monoisotopic (exact) mass is 240 g/mol. The van der Waals surface area contributed by atoms with Gasteiger partial charge in [-0.25, -0.2) is 0 Å². The summed E-state index contributed by atoms with van der Waals surface area (Å²) < 4.78 is 4.16. The van der Waals surface area contributed by atoms with Crippen molar-refractivity contribution in [3.8, 4) is 0 Å². The zero-order chi connectivity index (χ0) is 11.5. The van der Waals surface area contributed by atoms with Gasteiger partial charge in [-0.2, -0.15) is 4.37 Å². The minimum Gasteiger partial charge on any atom is -0.383 e. The molecule has 0 spiro atoms. The van der Waals surface area contributed by atoms with Crippen LogP contribution in [-0.2, 0) is 4.79 Å². The van der Waals surface area contributed by atoms with Gasteiger partial charge < -0.3 is 16.8 Å². The van der Waals surface area contributed by atoms with Gasteiger partial charge in [0.25, 0.3) is 0 Å². The van der Waals surface area contributed by atoms with Crippen LogP contribution in [0.2, 0.25) is 0 Å². The highest BCUT2D eigenvalue weighted by Crippen LogP contribution is 2.47. The van der Waals surface area contributed by atoms with Crippen LogP contribution in [0, 0.1) is 0 Å². The average molecular weight is 240 g/mol. The van der Waals surface area contributed by atoms with Gasteiger partial charge in [0, 0.05) is 18.5 Å². The highest BCUT2D eigenvalue weighted by molar-refractivity contribution is 7.10. The Morgan fingerprint density at radius 3 is 2.94 bits per heavy atom. The number of nitrogen functional groups attached to an aromatic ring is 1. The molecule has 0 bridgehead atoms. The number of nitrogens with two attached hydrogens (primary N) is 2. The lowest BCUT2D eigenvalue weighted by molar-refractivity contribution is -0.118. The first-order valence-electron chi connectivity index (χ1n) is 5.45. The molecule has 0 unspecified atom stereocenters. The molecule has 6 heteroatoms. The minimum absolute atomic E-state index is 0.256. The first kappa shape index (κ1) is 11.2. The number of nitrogens with one attached hydrogen (secondary N) is 1. The molecule has 1 aliphatic rings. The molecule has 1 aromatic heterocycles. The van der Waals surface area contributed by atoms with Gasteiger partial charge in [0.05, 0.1) is 0 Å². The van der Waals surface area contributed by atoms with Crippen LogP contribution >= 0.6 is 11.5 Å². The molecule has 0 saturated heterocycles. The van der Waals surface area contributed by atoms with E-state index in [9.17, 15) is 4.79 Å². The van der Waals surface area contributed by atoms with E-state index in [4.69, 9.17) is 11.5 Å². The Morgan fingerprint density at radius 1 is 1.56 bits per heavy atom. The van der Waals surface area contributed by atoms with Crippen molar-refractivity contribution in [3.63, 3.8) is 0 Å². The summed E-state index contributed by atoms with van der Waals surface area (Å²) in [5, 5.41) is 4.34. The summed E-state index contributed by atoms with van der Waals surface area (Å²) >= 11 is 1.40. The molecule has 1 aliphatic carbocycles. The second kappa shape index (κ2) is 4.69. The molecular formula is C10H16N4OS. The number of hydrogen-bond acceptors (Lipinski definition) is 5. The number of aromatic nitrogens is 1. The van der Waals surface area contributed by atoms with Gasteiger partial charge in [0.15, 0.2) is 0 Å². The lowest BCUT2D eigenvalue weighted by atomic mass is 10.2.